The molecule has 5 rings (SSSR count). The number of ether oxygens (including phenoxy) is 2. The van der Waals surface area contributed by atoms with Gasteiger partial charge < -0.3 is 14.6 Å². The number of rotatable bonds is 3. The molecule has 3 aliphatic rings. The summed E-state index contributed by atoms with van der Waals surface area (Å²) in [4.78, 5) is 13.7. The van der Waals surface area contributed by atoms with Crippen molar-refractivity contribution in [1.82, 2.24) is 4.90 Å². The zero-order valence-corrected chi connectivity index (χ0v) is 17.6. The molecule has 4 atom stereocenters. The summed E-state index contributed by atoms with van der Waals surface area (Å²) in [5.41, 5.74) is 2.33. The number of hydrogen-bond donors (Lipinski definition) is 1. The highest BCUT2D eigenvalue weighted by Crippen LogP contribution is 2.52. The van der Waals surface area contributed by atoms with Crippen LogP contribution >= 0.6 is 0 Å². The van der Waals surface area contributed by atoms with E-state index in [9.17, 15) is 9.90 Å². The van der Waals surface area contributed by atoms with Gasteiger partial charge in [-0.1, -0.05) is 30.3 Å². The Morgan fingerprint density at radius 3 is 2.87 bits per heavy atom. The van der Waals surface area contributed by atoms with E-state index in [-0.39, 0.29) is 17.8 Å². The highest BCUT2D eigenvalue weighted by atomic mass is 16.5. The quantitative estimate of drug-likeness (QED) is 0.810. The zero-order chi connectivity index (χ0) is 20.9. The molecule has 2 saturated heterocycles. The van der Waals surface area contributed by atoms with Gasteiger partial charge in [0.05, 0.1) is 17.8 Å². The van der Waals surface area contributed by atoms with Crippen LogP contribution in [0.25, 0.3) is 0 Å². The second kappa shape index (κ2) is 7.40. The number of piperidine rings is 1. The Morgan fingerprint density at radius 1 is 1.20 bits per heavy atom. The third-order valence-electron chi connectivity index (χ3n) is 7.06. The van der Waals surface area contributed by atoms with E-state index in [2.05, 4.69) is 36.9 Å². The molecule has 3 aliphatic heterocycles. The van der Waals surface area contributed by atoms with Gasteiger partial charge in [-0.15, -0.1) is 0 Å². The predicted octanol–water partition coefficient (Wildman–Crippen LogP) is 4.52. The fourth-order valence-corrected chi connectivity index (χ4v) is 5.53. The van der Waals surface area contributed by atoms with Crippen molar-refractivity contribution in [3.8, 4) is 5.75 Å². The third kappa shape index (κ3) is 3.50. The van der Waals surface area contributed by atoms with Crippen LogP contribution in [0.5, 0.6) is 5.75 Å². The lowest BCUT2D eigenvalue weighted by Crippen LogP contribution is -2.55. The van der Waals surface area contributed by atoms with Crippen LogP contribution < -0.4 is 4.74 Å². The van der Waals surface area contributed by atoms with Crippen molar-refractivity contribution in [1.29, 1.82) is 0 Å². The molecule has 0 radical (unpaired) electrons. The summed E-state index contributed by atoms with van der Waals surface area (Å²) in [6, 6.07) is 15.6. The van der Waals surface area contributed by atoms with Gasteiger partial charge in [-0.05, 0) is 56.4 Å². The molecule has 0 amide bonds. The van der Waals surface area contributed by atoms with Gasteiger partial charge in [0.1, 0.15) is 11.4 Å². The highest BCUT2D eigenvalue weighted by molar-refractivity contribution is 5.87. The van der Waals surface area contributed by atoms with Crippen LogP contribution in [0, 0.1) is 11.8 Å². The van der Waals surface area contributed by atoms with Gasteiger partial charge in [-0.2, -0.15) is 0 Å². The number of carboxylic acids is 1. The second-order valence-corrected chi connectivity index (χ2v) is 9.47. The molecule has 30 heavy (non-hydrogen) atoms. The van der Waals surface area contributed by atoms with Gasteiger partial charge in [0.2, 0.25) is 0 Å². The minimum absolute atomic E-state index is 0.102. The average molecular weight is 408 g/mol. The number of hydrogen-bond acceptors (Lipinski definition) is 4. The normalized spacial score (nSPS) is 29.8. The summed E-state index contributed by atoms with van der Waals surface area (Å²) in [6.45, 7) is 7.09. The maximum atomic E-state index is 11.3. The van der Waals surface area contributed by atoms with Crippen LogP contribution in [-0.4, -0.2) is 40.8 Å². The molecule has 1 N–H and O–H groups in total. The summed E-state index contributed by atoms with van der Waals surface area (Å²) in [6.07, 6.45) is 2.47. The standard InChI is InChI=1S/C25H29NO4/c1-25(2)20-13-18-15-26(14-16-6-5-7-17(12-16)24(27)28)11-10-21(18)29-23(20)19-8-3-4-9-22(19)30-25/h3-9,12,18,20-21,23H,10-11,13-15H2,1-2H3,(H,27,28)/t18-,20-,21-,23+/m1/s1. The Bertz CT molecular complexity index is 956. The molecule has 5 nitrogen and oxygen atoms in total. The number of para-hydroxylation sites is 1. The molecular weight excluding hydrogens is 378 g/mol. The Kier molecular flexibility index (Phi) is 4.83. The van der Waals surface area contributed by atoms with Gasteiger partial charge in [-0.3, -0.25) is 4.90 Å². The van der Waals surface area contributed by atoms with Crippen LogP contribution in [-0.2, 0) is 11.3 Å². The van der Waals surface area contributed by atoms with Crippen molar-refractivity contribution in [3.05, 3.63) is 65.2 Å². The average Bonchev–Trinajstić information content (AvgIpc) is 2.73. The van der Waals surface area contributed by atoms with Gasteiger partial charge in [0, 0.05) is 31.1 Å². The number of fused-ring (bicyclic) bond motifs is 4. The smallest absolute Gasteiger partial charge is 0.335 e. The van der Waals surface area contributed by atoms with Gasteiger partial charge in [0.15, 0.2) is 0 Å². The maximum Gasteiger partial charge on any atom is 0.335 e. The van der Waals surface area contributed by atoms with E-state index in [1.807, 2.05) is 18.2 Å². The molecular formula is C25H29NO4. The Labute approximate surface area is 177 Å². The predicted molar refractivity (Wildman–Crippen MR) is 114 cm³/mol. The van der Waals surface area contributed by atoms with E-state index >= 15 is 0 Å². The SMILES string of the molecule is CC1(C)Oc2ccccc2[C@@H]2O[C@@H]3CCN(Cc4cccc(C(=O)O)c4)C[C@H]3C[C@H]21. The first-order valence-corrected chi connectivity index (χ1v) is 10.9. The third-order valence-corrected chi connectivity index (χ3v) is 7.06. The molecule has 0 aliphatic carbocycles. The van der Waals surface area contributed by atoms with Crippen molar-refractivity contribution in [2.24, 2.45) is 11.8 Å². The topological polar surface area (TPSA) is 59.0 Å². The number of carbonyl (C=O) groups is 1. The van der Waals surface area contributed by atoms with Crippen molar-refractivity contribution < 1.29 is 19.4 Å². The van der Waals surface area contributed by atoms with Crippen LogP contribution in [0.1, 0.15) is 54.3 Å². The van der Waals surface area contributed by atoms with E-state index in [0.717, 1.165) is 43.8 Å². The van der Waals surface area contributed by atoms with Gasteiger partial charge >= 0.3 is 5.97 Å². The Hall–Kier alpha value is -2.37. The summed E-state index contributed by atoms with van der Waals surface area (Å²) in [5.74, 6) is 0.875. The molecule has 0 spiro atoms. The molecule has 0 aromatic heterocycles. The first kappa shape index (κ1) is 19.6. The van der Waals surface area contributed by atoms with Crippen LogP contribution in [0.15, 0.2) is 48.5 Å². The first-order valence-electron chi connectivity index (χ1n) is 10.9. The molecule has 158 valence electrons. The Morgan fingerprint density at radius 2 is 2.03 bits per heavy atom. The fourth-order valence-electron chi connectivity index (χ4n) is 5.53. The van der Waals surface area contributed by atoms with E-state index in [1.165, 1.54) is 5.56 Å². The largest absolute Gasteiger partial charge is 0.487 e. The Balaban J connectivity index is 1.32. The second-order valence-electron chi connectivity index (χ2n) is 9.47. The number of carboxylic acid groups (broad SMARTS) is 1. The maximum absolute atomic E-state index is 11.3. The fraction of sp³-hybridized carbons (Fsp3) is 0.480. The summed E-state index contributed by atoms with van der Waals surface area (Å²) >= 11 is 0. The number of nitrogens with zero attached hydrogens (tertiary/aromatic N) is 1. The number of benzene rings is 2. The molecule has 2 aromatic rings. The number of likely N-dealkylation sites (tertiary alicyclic amines) is 1. The van der Waals surface area contributed by atoms with Crippen LogP contribution in [0.2, 0.25) is 0 Å². The van der Waals surface area contributed by atoms with E-state index in [4.69, 9.17) is 9.47 Å². The summed E-state index contributed by atoms with van der Waals surface area (Å²) in [7, 11) is 0. The monoisotopic (exact) mass is 407 g/mol. The lowest BCUT2D eigenvalue weighted by atomic mass is 9.70. The van der Waals surface area contributed by atoms with Gasteiger partial charge in [-0.25, -0.2) is 4.79 Å². The van der Waals surface area contributed by atoms with Crippen LogP contribution in [0.3, 0.4) is 0 Å². The molecule has 0 saturated carbocycles. The summed E-state index contributed by atoms with van der Waals surface area (Å²) in [5, 5.41) is 9.26. The van der Waals surface area contributed by atoms with E-state index in [1.54, 1.807) is 12.1 Å². The first-order chi connectivity index (χ1) is 14.4. The molecule has 2 fully saturated rings. The van der Waals surface area contributed by atoms with Crippen molar-refractivity contribution >= 4 is 5.97 Å². The molecule has 3 heterocycles. The van der Waals surface area contributed by atoms with Gasteiger partial charge in [0.25, 0.3) is 0 Å². The minimum Gasteiger partial charge on any atom is -0.487 e. The van der Waals surface area contributed by atoms with Crippen molar-refractivity contribution in [2.45, 2.75) is 51.0 Å². The lowest BCUT2D eigenvalue weighted by Gasteiger charge is -2.53. The summed E-state index contributed by atoms with van der Waals surface area (Å²) < 4.78 is 13.1. The number of aromatic carboxylic acids is 1. The van der Waals surface area contributed by atoms with E-state index < -0.39 is 5.97 Å². The lowest BCUT2D eigenvalue weighted by molar-refractivity contribution is -0.187. The minimum atomic E-state index is -0.873. The molecule has 5 heteroatoms. The van der Waals surface area contributed by atoms with Crippen molar-refractivity contribution in [2.75, 3.05) is 13.1 Å². The molecule has 0 unspecified atom stereocenters. The zero-order valence-electron chi connectivity index (χ0n) is 17.6. The molecule has 0 bridgehead atoms. The van der Waals surface area contributed by atoms with Crippen molar-refractivity contribution in [3.63, 3.8) is 0 Å². The van der Waals surface area contributed by atoms with Crippen LogP contribution in [0.4, 0.5) is 0 Å². The van der Waals surface area contributed by atoms with E-state index in [0.29, 0.717) is 17.4 Å². The molecule has 2 aromatic carbocycles. The highest BCUT2D eigenvalue weighted by Gasteiger charge is 2.51.